The molecule has 1 aromatic carbocycles. The maximum absolute atomic E-state index is 12.0. The first kappa shape index (κ1) is 10.7. The molecule has 4 nitrogen and oxygen atoms in total. The maximum Gasteiger partial charge on any atom is 0.232 e. The third-order valence-corrected chi connectivity index (χ3v) is 2.69. The molecular weight excluding hydrogens is 232 g/mol. The Morgan fingerprint density at radius 2 is 2.17 bits per heavy atom. The predicted octanol–water partition coefficient (Wildman–Crippen LogP) is 2.90. The highest BCUT2D eigenvalue weighted by Gasteiger charge is 2.27. The zero-order valence-corrected chi connectivity index (χ0v) is 9.67. The molecule has 1 aromatic heterocycles. The maximum atomic E-state index is 12.0. The van der Waals surface area contributed by atoms with Crippen LogP contribution < -0.4 is 9.47 Å². The standard InChI is InChI=1S/C14H10O4/c1-16-9-4-5-11-12(7-9)18-13(14(11)15)8-10-3-2-6-17-10/h2-8H,1H3/b13-8+. The van der Waals surface area contributed by atoms with Crippen LogP contribution in [-0.2, 0) is 0 Å². The van der Waals surface area contributed by atoms with Crippen LogP contribution in [0.3, 0.4) is 0 Å². The number of benzene rings is 1. The monoisotopic (exact) mass is 242 g/mol. The van der Waals surface area contributed by atoms with Crippen molar-refractivity contribution in [2.45, 2.75) is 0 Å². The molecule has 0 saturated carbocycles. The van der Waals surface area contributed by atoms with E-state index in [1.165, 1.54) is 0 Å². The lowest BCUT2D eigenvalue weighted by Gasteiger charge is -2.01. The fourth-order valence-corrected chi connectivity index (χ4v) is 1.80. The SMILES string of the molecule is COc1ccc2c(c1)O/C(=C/c1ccco1)C2=O. The van der Waals surface area contributed by atoms with Gasteiger partial charge in [0.15, 0.2) is 5.76 Å². The number of ether oxygens (including phenoxy) is 2. The van der Waals surface area contributed by atoms with Crippen LogP contribution in [0.15, 0.2) is 46.8 Å². The molecule has 1 aliphatic heterocycles. The molecule has 90 valence electrons. The number of ketones is 1. The van der Waals surface area contributed by atoms with Crippen LogP contribution in [0.1, 0.15) is 16.1 Å². The Kier molecular flexibility index (Phi) is 2.41. The van der Waals surface area contributed by atoms with E-state index in [4.69, 9.17) is 13.9 Å². The molecule has 0 amide bonds. The van der Waals surface area contributed by atoms with Crippen molar-refractivity contribution in [1.82, 2.24) is 0 Å². The van der Waals surface area contributed by atoms with Crippen LogP contribution in [0.5, 0.6) is 11.5 Å². The van der Waals surface area contributed by atoms with E-state index in [9.17, 15) is 4.79 Å². The van der Waals surface area contributed by atoms with E-state index < -0.39 is 0 Å². The van der Waals surface area contributed by atoms with E-state index in [2.05, 4.69) is 0 Å². The van der Waals surface area contributed by atoms with E-state index >= 15 is 0 Å². The van der Waals surface area contributed by atoms with Crippen molar-refractivity contribution >= 4 is 11.9 Å². The van der Waals surface area contributed by atoms with Crippen LogP contribution in [0, 0.1) is 0 Å². The number of methoxy groups -OCH3 is 1. The Morgan fingerprint density at radius 1 is 1.28 bits per heavy atom. The zero-order valence-electron chi connectivity index (χ0n) is 9.67. The van der Waals surface area contributed by atoms with Gasteiger partial charge in [-0.3, -0.25) is 4.79 Å². The van der Waals surface area contributed by atoms with Gasteiger partial charge in [0.2, 0.25) is 5.78 Å². The molecule has 0 unspecified atom stereocenters. The second kappa shape index (κ2) is 4.07. The Bertz CT molecular complexity index is 623. The van der Waals surface area contributed by atoms with E-state index in [-0.39, 0.29) is 11.5 Å². The Hall–Kier alpha value is -2.49. The smallest absolute Gasteiger partial charge is 0.232 e. The fraction of sp³-hybridized carbons (Fsp3) is 0.0714. The van der Waals surface area contributed by atoms with Gasteiger partial charge in [0, 0.05) is 12.1 Å². The molecular formula is C14H10O4. The molecule has 0 N–H and O–H groups in total. The normalized spacial score (nSPS) is 15.6. The summed E-state index contributed by atoms with van der Waals surface area (Å²) in [5.74, 6) is 1.85. The lowest BCUT2D eigenvalue weighted by atomic mass is 10.1. The summed E-state index contributed by atoms with van der Waals surface area (Å²) in [4.78, 5) is 12.0. The van der Waals surface area contributed by atoms with Gasteiger partial charge in [-0.05, 0) is 24.3 Å². The zero-order chi connectivity index (χ0) is 12.5. The van der Waals surface area contributed by atoms with E-state index in [1.807, 2.05) is 0 Å². The Balaban J connectivity index is 1.98. The van der Waals surface area contributed by atoms with Crippen molar-refractivity contribution in [2.24, 2.45) is 0 Å². The van der Waals surface area contributed by atoms with Gasteiger partial charge in [-0.2, -0.15) is 0 Å². The van der Waals surface area contributed by atoms with Gasteiger partial charge in [0.25, 0.3) is 0 Å². The number of fused-ring (bicyclic) bond motifs is 1. The van der Waals surface area contributed by atoms with Crippen molar-refractivity contribution < 1.29 is 18.7 Å². The lowest BCUT2D eigenvalue weighted by Crippen LogP contribution is -1.97. The minimum atomic E-state index is -0.149. The molecule has 0 bridgehead atoms. The number of hydrogen-bond donors (Lipinski definition) is 0. The third kappa shape index (κ3) is 1.68. The number of carbonyl (C=O) groups excluding carboxylic acids is 1. The van der Waals surface area contributed by atoms with Gasteiger partial charge in [0.1, 0.15) is 17.3 Å². The average molecular weight is 242 g/mol. The van der Waals surface area contributed by atoms with Gasteiger partial charge in [-0.1, -0.05) is 0 Å². The summed E-state index contributed by atoms with van der Waals surface area (Å²) >= 11 is 0. The molecule has 0 aliphatic carbocycles. The van der Waals surface area contributed by atoms with Crippen molar-refractivity contribution in [1.29, 1.82) is 0 Å². The number of Topliss-reactive ketones (excluding diaryl/α,β-unsaturated/α-hetero) is 1. The van der Waals surface area contributed by atoms with Crippen molar-refractivity contribution in [3.8, 4) is 11.5 Å². The molecule has 0 saturated heterocycles. The van der Waals surface area contributed by atoms with Crippen LogP contribution in [0.25, 0.3) is 6.08 Å². The largest absolute Gasteiger partial charge is 0.497 e. The predicted molar refractivity (Wildman–Crippen MR) is 64.6 cm³/mol. The Labute approximate surface area is 103 Å². The summed E-state index contributed by atoms with van der Waals surface area (Å²) in [6.45, 7) is 0. The average Bonchev–Trinajstić information content (AvgIpc) is 2.99. The first-order valence-corrected chi connectivity index (χ1v) is 5.44. The first-order valence-electron chi connectivity index (χ1n) is 5.44. The molecule has 18 heavy (non-hydrogen) atoms. The van der Waals surface area contributed by atoms with Crippen molar-refractivity contribution in [2.75, 3.05) is 7.11 Å². The molecule has 0 fully saturated rings. The van der Waals surface area contributed by atoms with Crippen molar-refractivity contribution in [3.05, 3.63) is 53.7 Å². The van der Waals surface area contributed by atoms with Gasteiger partial charge in [0.05, 0.1) is 18.9 Å². The first-order chi connectivity index (χ1) is 8.78. The molecule has 0 radical (unpaired) electrons. The quantitative estimate of drug-likeness (QED) is 0.760. The number of allylic oxidation sites excluding steroid dienone is 1. The Morgan fingerprint density at radius 3 is 2.89 bits per heavy atom. The second-order valence-corrected chi connectivity index (χ2v) is 3.82. The summed E-state index contributed by atoms with van der Waals surface area (Å²) < 4.78 is 15.7. The van der Waals surface area contributed by atoms with Gasteiger partial charge >= 0.3 is 0 Å². The molecule has 0 spiro atoms. The molecule has 4 heteroatoms. The highest BCUT2D eigenvalue weighted by atomic mass is 16.5. The van der Waals surface area contributed by atoms with Crippen LogP contribution in [-0.4, -0.2) is 12.9 Å². The highest BCUT2D eigenvalue weighted by Crippen LogP contribution is 2.34. The minimum absolute atomic E-state index is 0.149. The number of rotatable bonds is 2. The van der Waals surface area contributed by atoms with E-state index in [0.29, 0.717) is 22.8 Å². The van der Waals surface area contributed by atoms with E-state index in [1.54, 1.807) is 49.8 Å². The highest BCUT2D eigenvalue weighted by molar-refractivity contribution is 6.14. The summed E-state index contributed by atoms with van der Waals surface area (Å²) in [7, 11) is 1.57. The fourth-order valence-electron chi connectivity index (χ4n) is 1.80. The minimum Gasteiger partial charge on any atom is -0.497 e. The molecule has 3 rings (SSSR count). The third-order valence-electron chi connectivity index (χ3n) is 2.69. The summed E-state index contributed by atoms with van der Waals surface area (Å²) in [5.41, 5.74) is 0.536. The van der Waals surface area contributed by atoms with Crippen LogP contribution in [0.2, 0.25) is 0 Å². The summed E-state index contributed by atoms with van der Waals surface area (Å²) in [5, 5.41) is 0. The lowest BCUT2D eigenvalue weighted by molar-refractivity contribution is 0.101. The molecule has 2 aromatic rings. The van der Waals surface area contributed by atoms with E-state index in [0.717, 1.165) is 0 Å². The summed E-state index contributed by atoms with van der Waals surface area (Å²) in [6, 6.07) is 8.63. The number of carbonyl (C=O) groups is 1. The van der Waals surface area contributed by atoms with Crippen LogP contribution in [0.4, 0.5) is 0 Å². The van der Waals surface area contributed by atoms with Crippen molar-refractivity contribution in [3.63, 3.8) is 0 Å². The molecule has 2 heterocycles. The van der Waals surface area contributed by atoms with Gasteiger partial charge in [-0.25, -0.2) is 0 Å². The van der Waals surface area contributed by atoms with Gasteiger partial charge < -0.3 is 13.9 Å². The second-order valence-electron chi connectivity index (χ2n) is 3.82. The summed E-state index contributed by atoms with van der Waals surface area (Å²) in [6.07, 6.45) is 3.12. The molecule has 0 atom stereocenters. The van der Waals surface area contributed by atoms with Crippen LogP contribution >= 0.6 is 0 Å². The number of furan rings is 1. The topological polar surface area (TPSA) is 48.7 Å². The number of hydrogen-bond acceptors (Lipinski definition) is 4. The molecule has 1 aliphatic rings. The van der Waals surface area contributed by atoms with Gasteiger partial charge in [-0.15, -0.1) is 0 Å².